The number of nitrogen functional groups attached to an aromatic ring is 1. The maximum atomic E-state index is 5.97. The van der Waals surface area contributed by atoms with Crippen molar-refractivity contribution in [3.8, 4) is 5.88 Å². The molecule has 0 atom stereocenters. The molecule has 0 spiro atoms. The molecule has 0 radical (unpaired) electrons. The number of hydrogen-bond acceptors (Lipinski definition) is 5. The lowest BCUT2D eigenvalue weighted by molar-refractivity contribution is 0.328. The number of hydrogen-bond donors (Lipinski definition) is 2. The molecule has 0 amide bonds. The third-order valence-electron chi connectivity index (χ3n) is 2.51. The molecule has 6 heteroatoms. The van der Waals surface area contributed by atoms with Gasteiger partial charge in [0, 0.05) is 4.47 Å². The van der Waals surface area contributed by atoms with Crippen LogP contribution in [0.1, 0.15) is 12.5 Å². The Balaban J connectivity index is 2.30. The molecule has 19 heavy (non-hydrogen) atoms. The topological polar surface area (TPSA) is 73.1 Å². The monoisotopic (exact) mass is 322 g/mol. The molecular formula is C13H15BrN4O. The van der Waals surface area contributed by atoms with Gasteiger partial charge in [0.1, 0.15) is 12.0 Å². The second kappa shape index (κ2) is 5.88. The molecule has 2 aromatic rings. The first-order valence-electron chi connectivity index (χ1n) is 5.88. The predicted molar refractivity (Wildman–Crippen MR) is 79.8 cm³/mol. The van der Waals surface area contributed by atoms with Crippen molar-refractivity contribution in [3.05, 3.63) is 34.6 Å². The zero-order chi connectivity index (χ0) is 13.8. The molecule has 0 saturated heterocycles. The average molecular weight is 323 g/mol. The smallest absolute Gasteiger partial charge is 0.242 e. The Bertz CT molecular complexity index is 589. The van der Waals surface area contributed by atoms with Crippen LogP contribution >= 0.6 is 15.9 Å². The number of aryl methyl sites for hydroxylation is 1. The first-order valence-corrected chi connectivity index (χ1v) is 6.67. The lowest BCUT2D eigenvalue weighted by Crippen LogP contribution is -2.05. The molecule has 100 valence electrons. The summed E-state index contributed by atoms with van der Waals surface area (Å²) in [5.41, 5.74) is 8.43. The zero-order valence-electron chi connectivity index (χ0n) is 10.8. The largest absolute Gasteiger partial charge is 0.476 e. The van der Waals surface area contributed by atoms with E-state index in [4.69, 9.17) is 10.5 Å². The second-order valence-corrected chi connectivity index (χ2v) is 4.84. The fourth-order valence-electron chi connectivity index (χ4n) is 1.58. The summed E-state index contributed by atoms with van der Waals surface area (Å²) in [6.45, 7) is 4.42. The molecule has 1 heterocycles. The van der Waals surface area contributed by atoms with Gasteiger partial charge in [-0.3, -0.25) is 0 Å². The van der Waals surface area contributed by atoms with Crippen molar-refractivity contribution in [2.24, 2.45) is 0 Å². The quantitative estimate of drug-likeness (QED) is 0.903. The standard InChI is InChI=1S/C13H15BrN4O/c1-3-19-13-11(15)12(16-7-17-13)18-10-5-4-8(2)6-9(10)14/h4-7H,3,15H2,1-2H3,(H,16,17,18). The van der Waals surface area contributed by atoms with Gasteiger partial charge in [0.05, 0.1) is 12.3 Å². The normalized spacial score (nSPS) is 10.3. The van der Waals surface area contributed by atoms with Gasteiger partial charge in [-0.1, -0.05) is 6.07 Å². The molecule has 0 fully saturated rings. The van der Waals surface area contributed by atoms with Crippen LogP contribution in [0.25, 0.3) is 0 Å². The zero-order valence-corrected chi connectivity index (χ0v) is 12.4. The summed E-state index contributed by atoms with van der Waals surface area (Å²) in [5, 5.41) is 3.16. The van der Waals surface area contributed by atoms with E-state index in [1.807, 2.05) is 32.0 Å². The lowest BCUT2D eigenvalue weighted by Gasteiger charge is -2.12. The highest BCUT2D eigenvalue weighted by atomic mass is 79.9. The number of nitrogens with zero attached hydrogens (tertiary/aromatic N) is 2. The van der Waals surface area contributed by atoms with Crippen molar-refractivity contribution < 1.29 is 4.74 Å². The van der Waals surface area contributed by atoms with E-state index in [2.05, 4.69) is 31.2 Å². The van der Waals surface area contributed by atoms with Gasteiger partial charge < -0.3 is 15.8 Å². The Morgan fingerprint density at radius 2 is 2.16 bits per heavy atom. The first-order chi connectivity index (χ1) is 9.11. The average Bonchev–Trinajstić information content (AvgIpc) is 2.37. The van der Waals surface area contributed by atoms with Crippen LogP contribution in [-0.4, -0.2) is 16.6 Å². The van der Waals surface area contributed by atoms with Crippen molar-refractivity contribution in [3.63, 3.8) is 0 Å². The molecule has 5 nitrogen and oxygen atoms in total. The number of ether oxygens (including phenoxy) is 1. The Kier molecular flexibility index (Phi) is 4.21. The molecule has 1 aromatic heterocycles. The molecule has 0 aliphatic heterocycles. The Hall–Kier alpha value is -1.82. The molecule has 1 aromatic carbocycles. The summed E-state index contributed by atoms with van der Waals surface area (Å²) < 4.78 is 6.28. The fourth-order valence-corrected chi connectivity index (χ4v) is 2.17. The summed E-state index contributed by atoms with van der Waals surface area (Å²) in [6, 6.07) is 5.98. The van der Waals surface area contributed by atoms with Crippen LogP contribution in [0.15, 0.2) is 29.0 Å². The van der Waals surface area contributed by atoms with E-state index in [1.54, 1.807) is 0 Å². The summed E-state index contributed by atoms with van der Waals surface area (Å²) >= 11 is 3.50. The number of aromatic nitrogens is 2. The molecule has 0 unspecified atom stereocenters. The first kappa shape index (κ1) is 13.6. The van der Waals surface area contributed by atoms with E-state index in [-0.39, 0.29) is 0 Å². The lowest BCUT2D eigenvalue weighted by atomic mass is 10.2. The van der Waals surface area contributed by atoms with Crippen LogP contribution in [0.4, 0.5) is 17.2 Å². The summed E-state index contributed by atoms with van der Waals surface area (Å²) in [6.07, 6.45) is 1.42. The van der Waals surface area contributed by atoms with Gasteiger partial charge in [-0.05, 0) is 47.5 Å². The number of nitrogens with two attached hydrogens (primary N) is 1. The second-order valence-electron chi connectivity index (χ2n) is 3.98. The molecule has 0 aliphatic carbocycles. The van der Waals surface area contributed by atoms with Crippen molar-refractivity contribution in [1.29, 1.82) is 0 Å². The predicted octanol–water partition coefficient (Wildman–Crippen LogP) is 3.27. The summed E-state index contributed by atoms with van der Waals surface area (Å²) in [4.78, 5) is 8.13. The molecule has 0 aliphatic rings. The highest BCUT2D eigenvalue weighted by Gasteiger charge is 2.10. The van der Waals surface area contributed by atoms with E-state index in [9.17, 15) is 0 Å². The van der Waals surface area contributed by atoms with Gasteiger partial charge in [-0.25, -0.2) is 4.98 Å². The van der Waals surface area contributed by atoms with Crippen molar-refractivity contribution in [2.75, 3.05) is 17.7 Å². The van der Waals surface area contributed by atoms with Crippen LogP contribution < -0.4 is 15.8 Å². The number of halogens is 1. The number of nitrogens with one attached hydrogen (secondary N) is 1. The molecule has 0 bridgehead atoms. The fraction of sp³-hybridized carbons (Fsp3) is 0.231. The summed E-state index contributed by atoms with van der Waals surface area (Å²) in [7, 11) is 0. The number of anilines is 3. The van der Waals surface area contributed by atoms with Gasteiger partial charge in [-0.15, -0.1) is 0 Å². The summed E-state index contributed by atoms with van der Waals surface area (Å²) in [5.74, 6) is 0.922. The van der Waals surface area contributed by atoms with Gasteiger partial charge in [0.15, 0.2) is 5.82 Å². The van der Waals surface area contributed by atoms with Crippen LogP contribution in [-0.2, 0) is 0 Å². The van der Waals surface area contributed by atoms with Crippen LogP contribution in [0.5, 0.6) is 5.88 Å². The van der Waals surface area contributed by atoms with Gasteiger partial charge in [0.2, 0.25) is 5.88 Å². The molecule has 3 N–H and O–H groups in total. The van der Waals surface area contributed by atoms with Crippen molar-refractivity contribution in [1.82, 2.24) is 9.97 Å². The minimum absolute atomic E-state index is 0.392. The third-order valence-corrected chi connectivity index (χ3v) is 3.16. The van der Waals surface area contributed by atoms with Gasteiger partial charge in [0.25, 0.3) is 0 Å². The number of benzene rings is 1. The van der Waals surface area contributed by atoms with Crippen molar-refractivity contribution in [2.45, 2.75) is 13.8 Å². The van der Waals surface area contributed by atoms with Gasteiger partial charge in [-0.2, -0.15) is 4.98 Å². The van der Waals surface area contributed by atoms with Gasteiger partial charge >= 0.3 is 0 Å². The van der Waals surface area contributed by atoms with Crippen LogP contribution in [0, 0.1) is 6.92 Å². The SMILES string of the molecule is CCOc1ncnc(Nc2ccc(C)cc2Br)c1N. The van der Waals surface area contributed by atoms with E-state index in [0.717, 1.165) is 10.2 Å². The van der Waals surface area contributed by atoms with Crippen LogP contribution in [0.3, 0.4) is 0 Å². The molecular weight excluding hydrogens is 308 g/mol. The minimum Gasteiger partial charge on any atom is -0.476 e. The number of rotatable bonds is 4. The maximum absolute atomic E-state index is 5.97. The molecule has 2 rings (SSSR count). The Morgan fingerprint density at radius 1 is 1.37 bits per heavy atom. The van der Waals surface area contributed by atoms with E-state index in [0.29, 0.717) is 24.0 Å². The highest BCUT2D eigenvalue weighted by molar-refractivity contribution is 9.10. The Morgan fingerprint density at radius 3 is 2.84 bits per heavy atom. The van der Waals surface area contributed by atoms with Crippen molar-refractivity contribution >= 4 is 33.1 Å². The van der Waals surface area contributed by atoms with E-state index < -0.39 is 0 Å². The van der Waals surface area contributed by atoms with Crippen LogP contribution in [0.2, 0.25) is 0 Å². The molecule has 0 saturated carbocycles. The maximum Gasteiger partial charge on any atom is 0.242 e. The third kappa shape index (κ3) is 3.14. The van der Waals surface area contributed by atoms with E-state index >= 15 is 0 Å². The Labute approximate surface area is 120 Å². The highest BCUT2D eigenvalue weighted by Crippen LogP contribution is 2.31. The van der Waals surface area contributed by atoms with E-state index in [1.165, 1.54) is 11.9 Å². The minimum atomic E-state index is 0.392.